The van der Waals surface area contributed by atoms with E-state index in [-0.39, 0.29) is 11.3 Å². The monoisotopic (exact) mass is 586 g/mol. The molecular formula is C46H34. The second-order valence-corrected chi connectivity index (χ2v) is 13.3. The van der Waals surface area contributed by atoms with Crippen LogP contribution in [0.25, 0.3) is 55.6 Å². The molecule has 9 rings (SSSR count). The molecule has 0 amide bonds. The highest BCUT2D eigenvalue weighted by atomic mass is 14.4. The first kappa shape index (κ1) is 26.9. The molecule has 46 heavy (non-hydrogen) atoms. The number of rotatable bonds is 4. The van der Waals surface area contributed by atoms with E-state index in [0.29, 0.717) is 0 Å². The van der Waals surface area contributed by atoms with Crippen molar-refractivity contribution in [3.8, 4) is 55.6 Å². The average Bonchev–Trinajstić information content (AvgIpc) is 3.57. The van der Waals surface area contributed by atoms with Gasteiger partial charge in [0.05, 0.1) is 0 Å². The van der Waals surface area contributed by atoms with E-state index in [1.165, 1.54) is 83.5 Å². The topological polar surface area (TPSA) is 0 Å². The van der Waals surface area contributed by atoms with Crippen LogP contribution in [0.2, 0.25) is 0 Å². The first-order valence-electron chi connectivity index (χ1n) is 16.3. The van der Waals surface area contributed by atoms with Gasteiger partial charge in [0.15, 0.2) is 0 Å². The molecule has 0 nitrogen and oxygen atoms in total. The molecule has 0 bridgehead atoms. The van der Waals surface area contributed by atoms with E-state index < -0.39 is 0 Å². The van der Waals surface area contributed by atoms with Gasteiger partial charge in [-0.2, -0.15) is 0 Å². The third kappa shape index (κ3) is 4.07. The van der Waals surface area contributed by atoms with E-state index in [1.807, 2.05) is 0 Å². The molecule has 0 aliphatic heterocycles. The molecule has 0 radical (unpaired) electrons. The molecule has 0 heteroatoms. The molecular weight excluding hydrogens is 553 g/mol. The molecule has 0 heterocycles. The number of benzene rings is 7. The minimum absolute atomic E-state index is 0.0522. The zero-order chi connectivity index (χ0) is 30.8. The summed E-state index contributed by atoms with van der Waals surface area (Å²) < 4.78 is 0. The lowest BCUT2D eigenvalue weighted by atomic mass is 9.78. The predicted octanol–water partition coefficient (Wildman–Crippen LogP) is 12.2. The quantitative estimate of drug-likeness (QED) is 0.192. The first-order valence-corrected chi connectivity index (χ1v) is 16.3. The van der Waals surface area contributed by atoms with Crippen molar-refractivity contribution in [2.24, 2.45) is 0 Å². The van der Waals surface area contributed by atoms with Crippen LogP contribution in [-0.2, 0) is 5.41 Å². The van der Waals surface area contributed by atoms with Gasteiger partial charge in [-0.05, 0) is 102 Å². The Labute approximate surface area is 271 Å². The van der Waals surface area contributed by atoms with E-state index >= 15 is 0 Å². The molecule has 218 valence electrons. The van der Waals surface area contributed by atoms with Gasteiger partial charge in [-0.1, -0.05) is 159 Å². The number of hydrogen-bond acceptors (Lipinski definition) is 0. The second kappa shape index (κ2) is 10.3. The van der Waals surface area contributed by atoms with E-state index in [4.69, 9.17) is 0 Å². The predicted molar refractivity (Wildman–Crippen MR) is 193 cm³/mol. The van der Waals surface area contributed by atoms with Gasteiger partial charge in [0.2, 0.25) is 0 Å². The highest BCUT2D eigenvalue weighted by molar-refractivity contribution is 5.94. The average molecular weight is 587 g/mol. The van der Waals surface area contributed by atoms with Crippen LogP contribution in [0.1, 0.15) is 47.6 Å². The van der Waals surface area contributed by atoms with Gasteiger partial charge in [0.1, 0.15) is 0 Å². The zero-order valence-electron chi connectivity index (χ0n) is 26.2. The molecule has 2 aliphatic carbocycles. The van der Waals surface area contributed by atoms with Crippen molar-refractivity contribution in [2.45, 2.75) is 25.2 Å². The van der Waals surface area contributed by atoms with Gasteiger partial charge in [-0.3, -0.25) is 0 Å². The third-order valence-electron chi connectivity index (χ3n) is 10.3. The summed E-state index contributed by atoms with van der Waals surface area (Å²) in [6, 6.07) is 60.6. The molecule has 0 fully saturated rings. The second-order valence-electron chi connectivity index (χ2n) is 13.3. The minimum atomic E-state index is -0.0522. The lowest BCUT2D eigenvalue weighted by Crippen LogP contribution is -2.16. The van der Waals surface area contributed by atoms with Crippen molar-refractivity contribution in [1.82, 2.24) is 0 Å². The normalized spacial score (nSPS) is 15.1. The Hall–Kier alpha value is -5.46. The number of hydrogen-bond donors (Lipinski definition) is 0. The Morgan fingerprint density at radius 1 is 0.391 bits per heavy atom. The summed E-state index contributed by atoms with van der Waals surface area (Å²) in [7, 11) is 0. The Morgan fingerprint density at radius 2 is 0.913 bits per heavy atom. The van der Waals surface area contributed by atoms with Crippen LogP contribution in [0.5, 0.6) is 0 Å². The maximum Gasteiger partial charge on any atom is 0.0352 e. The molecule has 7 aromatic carbocycles. The van der Waals surface area contributed by atoms with Crippen LogP contribution in [-0.4, -0.2) is 0 Å². The summed E-state index contributed by atoms with van der Waals surface area (Å²) in [6.07, 6.45) is 0. The van der Waals surface area contributed by atoms with Crippen molar-refractivity contribution in [3.05, 3.63) is 192 Å². The van der Waals surface area contributed by atoms with Gasteiger partial charge in [-0.25, -0.2) is 0 Å². The van der Waals surface area contributed by atoms with E-state index in [0.717, 1.165) is 0 Å². The Morgan fingerprint density at radius 3 is 1.54 bits per heavy atom. The van der Waals surface area contributed by atoms with Crippen molar-refractivity contribution in [3.63, 3.8) is 0 Å². The molecule has 1 unspecified atom stereocenters. The fourth-order valence-electron chi connectivity index (χ4n) is 8.18. The highest BCUT2D eigenvalue weighted by Gasteiger charge is 2.42. The van der Waals surface area contributed by atoms with E-state index in [9.17, 15) is 0 Å². The van der Waals surface area contributed by atoms with Crippen molar-refractivity contribution in [2.75, 3.05) is 0 Å². The molecule has 0 N–H and O–H groups in total. The van der Waals surface area contributed by atoms with Gasteiger partial charge in [0, 0.05) is 11.3 Å². The molecule has 1 atom stereocenters. The van der Waals surface area contributed by atoms with Crippen LogP contribution in [0.4, 0.5) is 0 Å². The SMILES string of the molecule is CC1(C)c2ccccc2-c2ccc3c(c21)-c1ccccc1C3c1ccc(-c2cc(-c3ccccc3)cc(-c3ccccc3)c2)cc1. The van der Waals surface area contributed by atoms with Crippen molar-refractivity contribution in [1.29, 1.82) is 0 Å². The minimum Gasteiger partial charge on any atom is -0.0622 e. The largest absolute Gasteiger partial charge is 0.0622 e. The smallest absolute Gasteiger partial charge is 0.0352 e. The van der Waals surface area contributed by atoms with Gasteiger partial charge < -0.3 is 0 Å². The lowest BCUT2D eigenvalue weighted by Gasteiger charge is -2.25. The summed E-state index contributed by atoms with van der Waals surface area (Å²) in [5.74, 6) is 0.209. The van der Waals surface area contributed by atoms with Crippen molar-refractivity contribution < 1.29 is 0 Å². The Kier molecular flexibility index (Phi) is 6.02. The van der Waals surface area contributed by atoms with Crippen LogP contribution in [0.15, 0.2) is 164 Å². The third-order valence-corrected chi connectivity index (χ3v) is 10.3. The standard InChI is InChI=1S/C46H34/c1-46(2)42-20-12-11-17-37(42)40-25-26-41-43(38-18-9-10-19-39(38)44(41)45(40)46)33-23-21-32(22-24-33)36-28-34(30-13-5-3-6-14-30)27-35(29-36)31-15-7-4-8-16-31/h3-29,43H,1-2H3. The van der Waals surface area contributed by atoms with Crippen LogP contribution in [0.3, 0.4) is 0 Å². The van der Waals surface area contributed by atoms with Crippen LogP contribution in [0, 0.1) is 0 Å². The van der Waals surface area contributed by atoms with Crippen molar-refractivity contribution >= 4 is 0 Å². The molecule has 0 saturated heterocycles. The summed E-state index contributed by atoms with van der Waals surface area (Å²) in [4.78, 5) is 0. The lowest BCUT2D eigenvalue weighted by molar-refractivity contribution is 0.661. The summed E-state index contributed by atoms with van der Waals surface area (Å²) in [5.41, 5.74) is 20.0. The maximum absolute atomic E-state index is 2.40. The Balaban J connectivity index is 1.16. The highest BCUT2D eigenvalue weighted by Crippen LogP contribution is 2.58. The van der Waals surface area contributed by atoms with E-state index in [1.54, 1.807) is 0 Å². The van der Waals surface area contributed by atoms with Gasteiger partial charge in [0.25, 0.3) is 0 Å². The van der Waals surface area contributed by atoms with Crippen LogP contribution >= 0.6 is 0 Å². The number of fused-ring (bicyclic) bond motifs is 7. The molecule has 7 aromatic rings. The van der Waals surface area contributed by atoms with Gasteiger partial charge >= 0.3 is 0 Å². The summed E-state index contributed by atoms with van der Waals surface area (Å²) in [5, 5.41) is 0. The maximum atomic E-state index is 2.40. The van der Waals surface area contributed by atoms with Gasteiger partial charge in [-0.15, -0.1) is 0 Å². The fraction of sp³-hybridized carbons (Fsp3) is 0.0870. The molecule has 0 aromatic heterocycles. The molecule has 0 saturated carbocycles. The molecule has 0 spiro atoms. The van der Waals surface area contributed by atoms with Crippen LogP contribution < -0.4 is 0 Å². The van der Waals surface area contributed by atoms with E-state index in [2.05, 4.69) is 178 Å². The summed E-state index contributed by atoms with van der Waals surface area (Å²) >= 11 is 0. The molecule has 2 aliphatic rings. The first-order chi connectivity index (χ1) is 22.6. The fourth-order valence-corrected chi connectivity index (χ4v) is 8.18. The summed E-state index contributed by atoms with van der Waals surface area (Å²) in [6.45, 7) is 4.80. The zero-order valence-corrected chi connectivity index (χ0v) is 26.2. The Bertz CT molecular complexity index is 2200.